The molecule has 7 heteroatoms. The van der Waals surface area contributed by atoms with Crippen molar-refractivity contribution in [2.45, 2.75) is 26.2 Å². The monoisotopic (exact) mass is 390 g/mol. The summed E-state index contributed by atoms with van der Waals surface area (Å²) in [4.78, 5) is 8.21. The molecule has 5 nitrogen and oxygen atoms in total. The van der Waals surface area contributed by atoms with Gasteiger partial charge in [-0.25, -0.2) is 9.97 Å². The van der Waals surface area contributed by atoms with Crippen molar-refractivity contribution in [2.75, 3.05) is 19.5 Å². The molecule has 0 radical (unpaired) electrons. The fourth-order valence-electron chi connectivity index (χ4n) is 2.03. The number of thiazole rings is 1. The van der Waals surface area contributed by atoms with Gasteiger partial charge >= 0.3 is 0 Å². The van der Waals surface area contributed by atoms with E-state index in [2.05, 4.69) is 36.1 Å². The van der Waals surface area contributed by atoms with Gasteiger partial charge in [-0.3, -0.25) is 0 Å². The van der Waals surface area contributed by atoms with Crippen LogP contribution in [0.1, 0.15) is 30.3 Å². The minimum absolute atomic E-state index is 0.254. The topological polar surface area (TPSA) is 84.8 Å². The Balaban J connectivity index is 0.000000487. The van der Waals surface area contributed by atoms with E-state index in [9.17, 15) is 0 Å². The Bertz CT molecular complexity index is 882. The number of rotatable bonds is 6. The lowest BCUT2D eigenvalue weighted by Crippen LogP contribution is -2.21. The van der Waals surface area contributed by atoms with E-state index in [-0.39, 0.29) is 6.42 Å². The fourth-order valence-corrected chi connectivity index (χ4v) is 3.23. The molecule has 0 amide bonds. The molecule has 2 rings (SSSR count). The smallest absolute Gasteiger partial charge is 0.124 e. The van der Waals surface area contributed by atoms with Crippen molar-refractivity contribution >= 4 is 40.9 Å². The van der Waals surface area contributed by atoms with Crippen LogP contribution in [0.2, 0.25) is 5.02 Å². The van der Waals surface area contributed by atoms with Crippen LogP contribution in [0.3, 0.4) is 0 Å². The van der Waals surface area contributed by atoms with E-state index < -0.39 is 0 Å². The predicted molar refractivity (Wildman–Crippen MR) is 109 cm³/mol. The quantitative estimate of drug-likeness (QED) is 0.766. The molecular formula is C19H23ClN4OS. The number of unbranched alkanes of at least 4 members (excludes halogenated alkanes) is 1. The molecule has 0 spiro atoms. The number of nitrogen functional groups attached to an aromatic ring is 1. The summed E-state index contributed by atoms with van der Waals surface area (Å²) >= 11 is 7.57. The molecule has 0 fully saturated rings. The van der Waals surface area contributed by atoms with E-state index in [1.807, 2.05) is 0 Å². The minimum atomic E-state index is 0.254. The van der Waals surface area contributed by atoms with Gasteiger partial charge in [0.05, 0.1) is 27.4 Å². The molecule has 0 aliphatic heterocycles. The highest BCUT2D eigenvalue weighted by atomic mass is 35.5. The van der Waals surface area contributed by atoms with Crippen molar-refractivity contribution in [3.63, 3.8) is 0 Å². The summed E-state index contributed by atoms with van der Waals surface area (Å²) in [5.41, 5.74) is 7.22. The Morgan fingerprint density at radius 2 is 2.27 bits per heavy atom. The molecule has 2 N–H and O–H groups in total. The fraction of sp³-hybridized carbons (Fsp3) is 0.316. The van der Waals surface area contributed by atoms with Gasteiger partial charge in [-0.15, -0.1) is 11.3 Å². The molecule has 0 saturated carbocycles. The lowest BCUT2D eigenvalue weighted by molar-refractivity contribution is 0.194. The summed E-state index contributed by atoms with van der Waals surface area (Å²) in [6.07, 6.45) is 5.85. The summed E-state index contributed by atoms with van der Waals surface area (Å²) in [6, 6.07) is 3.75. The average Bonchev–Trinajstić information content (AvgIpc) is 2.98. The number of halogens is 1. The van der Waals surface area contributed by atoms with Crippen LogP contribution < -0.4 is 15.6 Å². The van der Waals surface area contributed by atoms with Crippen molar-refractivity contribution in [1.29, 1.82) is 5.26 Å². The molecule has 2 aromatic heterocycles. The first-order valence-corrected chi connectivity index (χ1v) is 9.26. The molecule has 26 heavy (non-hydrogen) atoms. The van der Waals surface area contributed by atoms with Gasteiger partial charge in [0.25, 0.3) is 0 Å². The highest BCUT2D eigenvalue weighted by Gasteiger charge is 2.09. The molecule has 0 aliphatic rings. The number of pyridine rings is 1. The van der Waals surface area contributed by atoms with Gasteiger partial charge in [0.1, 0.15) is 10.8 Å². The molecule has 0 unspecified atom stereocenters. The number of aromatic nitrogens is 2. The zero-order chi connectivity index (χ0) is 19.5. The van der Waals surface area contributed by atoms with Crippen LogP contribution in [-0.4, -0.2) is 23.7 Å². The van der Waals surface area contributed by atoms with E-state index in [0.717, 1.165) is 22.3 Å². The summed E-state index contributed by atoms with van der Waals surface area (Å²) in [6.45, 7) is 10.8. The third kappa shape index (κ3) is 6.26. The number of hydrogen-bond donors (Lipinski definition) is 1. The number of allylic oxidation sites excluding steroid dienone is 1. The average molecular weight is 391 g/mol. The maximum atomic E-state index is 8.74. The largest absolute Gasteiger partial charge is 0.385 e. The SMILES string of the molecule is C=C/C(c1cc(N)ncc1Cl)=c1/sc(CC#N)nc1=C.CCCCOC. The number of nitriles is 1. The van der Waals surface area contributed by atoms with Crippen LogP contribution in [0, 0.1) is 11.3 Å². The maximum absolute atomic E-state index is 8.74. The highest BCUT2D eigenvalue weighted by Crippen LogP contribution is 2.23. The van der Waals surface area contributed by atoms with E-state index in [0.29, 0.717) is 21.2 Å². The van der Waals surface area contributed by atoms with Gasteiger partial charge in [-0.2, -0.15) is 5.26 Å². The summed E-state index contributed by atoms with van der Waals surface area (Å²) in [5, 5.41) is 10.5. The summed E-state index contributed by atoms with van der Waals surface area (Å²) < 4.78 is 5.61. The second-order valence-corrected chi connectivity index (χ2v) is 6.76. The van der Waals surface area contributed by atoms with Gasteiger partial charge < -0.3 is 10.5 Å². The molecule has 0 aliphatic carbocycles. The Labute approximate surface area is 163 Å². The van der Waals surface area contributed by atoms with E-state index in [1.54, 1.807) is 19.3 Å². The number of methoxy groups -OCH3 is 1. The Morgan fingerprint density at radius 1 is 1.54 bits per heavy atom. The second-order valence-electron chi connectivity index (χ2n) is 5.27. The van der Waals surface area contributed by atoms with Crippen molar-refractivity contribution in [1.82, 2.24) is 9.97 Å². The van der Waals surface area contributed by atoms with Gasteiger partial charge in [0, 0.05) is 31.1 Å². The summed E-state index contributed by atoms with van der Waals surface area (Å²) in [5.74, 6) is 0.371. The second kappa shape index (κ2) is 11.4. The standard InChI is InChI=1S/C14H11ClN4S.C5H12O/c1-3-9(10-6-12(17)18-7-11(10)15)14-8(2)19-13(20-14)4-5-16;1-3-4-5-6-2/h3,6-7H,1-2,4H2,(H2,17,18);3-5H2,1-2H3/b14-9-;. The Kier molecular flexibility index (Phi) is 9.60. The summed E-state index contributed by atoms with van der Waals surface area (Å²) in [7, 11) is 1.73. The number of nitrogens with two attached hydrogens (primary N) is 1. The van der Waals surface area contributed by atoms with Crippen LogP contribution in [0.15, 0.2) is 24.9 Å². The molecule has 2 heterocycles. The lowest BCUT2D eigenvalue weighted by atomic mass is 10.1. The van der Waals surface area contributed by atoms with Crippen molar-refractivity contribution in [3.05, 3.63) is 50.4 Å². The minimum Gasteiger partial charge on any atom is -0.385 e. The molecule has 0 bridgehead atoms. The van der Waals surface area contributed by atoms with Crippen molar-refractivity contribution < 1.29 is 4.74 Å². The normalized spacial score (nSPS) is 11.2. The van der Waals surface area contributed by atoms with Gasteiger partial charge in [-0.05, 0) is 12.5 Å². The van der Waals surface area contributed by atoms with Crippen LogP contribution in [0.5, 0.6) is 0 Å². The van der Waals surface area contributed by atoms with E-state index in [4.69, 9.17) is 27.3 Å². The van der Waals surface area contributed by atoms with E-state index >= 15 is 0 Å². The van der Waals surface area contributed by atoms with Gasteiger partial charge in [0.15, 0.2) is 0 Å². The Hall–Kier alpha value is -2.20. The number of nitrogens with zero attached hydrogens (tertiary/aromatic N) is 3. The molecule has 2 aromatic rings. The first-order chi connectivity index (χ1) is 12.5. The molecule has 0 atom stereocenters. The van der Waals surface area contributed by atoms with Crippen LogP contribution in [-0.2, 0) is 11.2 Å². The van der Waals surface area contributed by atoms with Crippen LogP contribution >= 0.6 is 22.9 Å². The molecular weight excluding hydrogens is 368 g/mol. The number of hydrogen-bond acceptors (Lipinski definition) is 6. The van der Waals surface area contributed by atoms with Crippen molar-refractivity contribution in [2.24, 2.45) is 0 Å². The zero-order valence-corrected chi connectivity index (χ0v) is 16.7. The van der Waals surface area contributed by atoms with Gasteiger partial charge in [0.2, 0.25) is 0 Å². The first-order valence-electron chi connectivity index (χ1n) is 8.07. The maximum Gasteiger partial charge on any atom is 0.124 e. The van der Waals surface area contributed by atoms with Crippen molar-refractivity contribution in [3.8, 4) is 6.07 Å². The third-order valence-electron chi connectivity index (χ3n) is 3.29. The molecule has 138 valence electrons. The third-order valence-corrected chi connectivity index (χ3v) is 4.72. The molecule has 0 aromatic carbocycles. The Morgan fingerprint density at radius 3 is 2.81 bits per heavy atom. The van der Waals surface area contributed by atoms with E-state index in [1.165, 1.54) is 30.4 Å². The number of ether oxygens (including phenoxy) is 1. The van der Waals surface area contributed by atoms with Crippen LogP contribution in [0.25, 0.3) is 12.2 Å². The number of anilines is 1. The first kappa shape index (κ1) is 21.8. The molecule has 0 saturated heterocycles. The highest BCUT2D eigenvalue weighted by molar-refractivity contribution is 7.09. The predicted octanol–water partition coefficient (Wildman–Crippen LogP) is 3.07. The zero-order valence-electron chi connectivity index (χ0n) is 15.1. The lowest BCUT2D eigenvalue weighted by Gasteiger charge is -2.05. The van der Waals surface area contributed by atoms with Crippen LogP contribution in [0.4, 0.5) is 5.82 Å². The van der Waals surface area contributed by atoms with Gasteiger partial charge in [-0.1, -0.05) is 44.2 Å².